The zero-order valence-electron chi connectivity index (χ0n) is 7.67. The van der Waals surface area contributed by atoms with Crippen molar-refractivity contribution in [2.45, 2.75) is 0 Å². The van der Waals surface area contributed by atoms with Crippen molar-refractivity contribution < 1.29 is 4.42 Å². The second kappa shape index (κ2) is 3.10. The Morgan fingerprint density at radius 1 is 1.44 bits per heavy atom. The zero-order chi connectivity index (χ0) is 11.1. The first kappa shape index (κ1) is 8.97. The molecule has 3 heterocycles. The predicted octanol–water partition coefficient (Wildman–Crippen LogP) is 0.130. The summed E-state index contributed by atoms with van der Waals surface area (Å²) in [7, 11) is 0. The van der Waals surface area contributed by atoms with Crippen LogP contribution in [0.3, 0.4) is 0 Å². The minimum atomic E-state index is -0.354. The van der Waals surface area contributed by atoms with Gasteiger partial charge in [-0.1, -0.05) is 0 Å². The van der Waals surface area contributed by atoms with Crippen molar-refractivity contribution in [3.05, 3.63) is 27.7 Å². The van der Waals surface area contributed by atoms with Crippen molar-refractivity contribution in [2.24, 2.45) is 0 Å². The molecular weight excluding hydrogens is 232 g/mol. The highest BCUT2D eigenvalue weighted by molar-refractivity contribution is 7.71. The van der Waals surface area contributed by atoms with E-state index in [1.807, 2.05) is 0 Å². The number of hydrogen-bond acceptors (Lipinski definition) is 6. The van der Waals surface area contributed by atoms with Crippen LogP contribution in [0.25, 0.3) is 17.2 Å². The Bertz CT molecular complexity index is 765. The summed E-state index contributed by atoms with van der Waals surface area (Å²) in [4.78, 5) is 19.8. The molecule has 3 rings (SSSR count). The van der Waals surface area contributed by atoms with Gasteiger partial charge in [-0.15, -0.1) is 5.10 Å². The molecule has 0 amide bonds. The summed E-state index contributed by atoms with van der Waals surface area (Å²) >= 11 is 4.72. The van der Waals surface area contributed by atoms with Crippen LogP contribution in [0.1, 0.15) is 0 Å². The fourth-order valence-corrected chi connectivity index (χ4v) is 1.41. The molecule has 0 aliphatic rings. The lowest BCUT2D eigenvalue weighted by molar-refractivity contribution is 0.550. The number of nitrogens with one attached hydrogen (secondary N) is 2. The number of aromatic amines is 2. The number of hydrogen-bond donors (Lipinski definition) is 2. The molecule has 8 nitrogen and oxygen atoms in total. The maximum Gasteiger partial charge on any atom is 0.286 e. The zero-order valence-corrected chi connectivity index (χ0v) is 8.48. The summed E-state index contributed by atoms with van der Waals surface area (Å²) in [6.07, 6.45) is 2.71. The summed E-state index contributed by atoms with van der Waals surface area (Å²) < 4.78 is 6.22. The predicted molar refractivity (Wildman–Crippen MR) is 54.3 cm³/mol. The summed E-state index contributed by atoms with van der Waals surface area (Å²) in [6.45, 7) is 0. The molecular formula is C7H4N6O2S. The van der Waals surface area contributed by atoms with Gasteiger partial charge in [0.25, 0.3) is 22.1 Å². The van der Waals surface area contributed by atoms with E-state index in [0.717, 1.165) is 0 Å². The number of H-pyrrole nitrogens is 2. The van der Waals surface area contributed by atoms with Gasteiger partial charge in [0.1, 0.15) is 11.9 Å². The van der Waals surface area contributed by atoms with Crippen LogP contribution >= 0.6 is 12.2 Å². The maximum absolute atomic E-state index is 11.9. The second-order valence-electron chi connectivity index (χ2n) is 2.92. The van der Waals surface area contributed by atoms with Gasteiger partial charge in [0.2, 0.25) is 0 Å². The molecule has 0 aliphatic carbocycles. The molecule has 0 aromatic carbocycles. The van der Waals surface area contributed by atoms with Gasteiger partial charge in [-0.25, -0.2) is 15.1 Å². The molecule has 16 heavy (non-hydrogen) atoms. The molecule has 0 fully saturated rings. The quantitative estimate of drug-likeness (QED) is 0.582. The van der Waals surface area contributed by atoms with Gasteiger partial charge in [-0.05, 0) is 12.2 Å². The standard InChI is InChI=1S/C7H4N6O2S/c14-5-3(4-11-12-7(16)15-4)1-8-6-9-2-10-13(5)6/h1-2H,(H,12,16)(H,8,9,10). The van der Waals surface area contributed by atoms with E-state index in [1.165, 1.54) is 17.0 Å². The van der Waals surface area contributed by atoms with Gasteiger partial charge >= 0.3 is 0 Å². The van der Waals surface area contributed by atoms with Crippen LogP contribution in [0.2, 0.25) is 0 Å². The highest BCUT2D eigenvalue weighted by Crippen LogP contribution is 2.10. The molecule has 3 aromatic rings. The maximum atomic E-state index is 11.9. The monoisotopic (exact) mass is 236 g/mol. The van der Waals surface area contributed by atoms with E-state index in [-0.39, 0.29) is 27.6 Å². The minimum absolute atomic E-state index is 0.101. The van der Waals surface area contributed by atoms with E-state index in [4.69, 9.17) is 16.6 Å². The van der Waals surface area contributed by atoms with Crippen molar-refractivity contribution >= 4 is 18.0 Å². The second-order valence-corrected chi connectivity index (χ2v) is 3.29. The van der Waals surface area contributed by atoms with Crippen LogP contribution in [0.4, 0.5) is 0 Å². The first-order valence-corrected chi connectivity index (χ1v) is 4.63. The van der Waals surface area contributed by atoms with Crippen molar-refractivity contribution in [2.75, 3.05) is 0 Å². The number of aromatic nitrogens is 6. The summed E-state index contributed by atoms with van der Waals surface area (Å²) in [5, 5.41) is 8.82. The summed E-state index contributed by atoms with van der Waals surface area (Å²) in [5.41, 5.74) is -0.151. The van der Waals surface area contributed by atoms with Gasteiger partial charge in [0.15, 0.2) is 0 Å². The van der Waals surface area contributed by atoms with Crippen LogP contribution in [-0.4, -0.2) is 29.8 Å². The van der Waals surface area contributed by atoms with Crippen LogP contribution < -0.4 is 5.56 Å². The van der Waals surface area contributed by atoms with Gasteiger partial charge in [0.05, 0.1) is 0 Å². The van der Waals surface area contributed by atoms with E-state index >= 15 is 0 Å². The van der Waals surface area contributed by atoms with E-state index in [2.05, 4.69) is 25.3 Å². The normalized spacial score (nSPS) is 11.0. The van der Waals surface area contributed by atoms with E-state index < -0.39 is 0 Å². The highest BCUT2D eigenvalue weighted by Gasteiger charge is 2.12. The first-order chi connectivity index (χ1) is 7.75. The van der Waals surface area contributed by atoms with Crippen molar-refractivity contribution in [1.82, 2.24) is 29.8 Å². The van der Waals surface area contributed by atoms with Crippen LogP contribution in [0.15, 0.2) is 21.7 Å². The fraction of sp³-hybridized carbons (Fsp3) is 0. The van der Waals surface area contributed by atoms with Crippen LogP contribution in [0.5, 0.6) is 0 Å². The van der Waals surface area contributed by atoms with E-state index in [0.29, 0.717) is 0 Å². The average Bonchev–Trinajstić information content (AvgIpc) is 2.87. The molecule has 0 unspecified atom stereocenters. The van der Waals surface area contributed by atoms with Crippen LogP contribution in [0, 0.1) is 4.84 Å². The van der Waals surface area contributed by atoms with Crippen LogP contribution in [-0.2, 0) is 0 Å². The largest absolute Gasteiger partial charge is 0.409 e. The van der Waals surface area contributed by atoms with E-state index in [9.17, 15) is 4.79 Å². The number of fused-ring (bicyclic) bond motifs is 1. The molecule has 3 aromatic heterocycles. The molecule has 0 atom stereocenters. The van der Waals surface area contributed by atoms with E-state index in [1.54, 1.807) is 0 Å². The van der Waals surface area contributed by atoms with Gasteiger partial charge in [-0.3, -0.25) is 9.89 Å². The molecule has 80 valence electrons. The molecule has 9 heteroatoms. The van der Waals surface area contributed by atoms with Crippen molar-refractivity contribution in [3.8, 4) is 11.5 Å². The Morgan fingerprint density at radius 3 is 3.06 bits per heavy atom. The third-order valence-electron chi connectivity index (χ3n) is 1.98. The number of nitrogens with zero attached hydrogens (tertiary/aromatic N) is 4. The van der Waals surface area contributed by atoms with Gasteiger partial charge in [0, 0.05) is 6.20 Å². The lowest BCUT2D eigenvalue weighted by Crippen LogP contribution is -2.17. The molecule has 0 spiro atoms. The van der Waals surface area contributed by atoms with Gasteiger partial charge in [-0.2, -0.15) is 4.52 Å². The third-order valence-corrected chi connectivity index (χ3v) is 2.15. The fourth-order valence-electron chi connectivity index (χ4n) is 1.29. The molecule has 0 saturated heterocycles. The Kier molecular flexibility index (Phi) is 1.74. The van der Waals surface area contributed by atoms with Crippen molar-refractivity contribution in [1.29, 1.82) is 0 Å². The first-order valence-electron chi connectivity index (χ1n) is 4.23. The molecule has 0 saturated carbocycles. The molecule has 2 N–H and O–H groups in total. The Hall–Kier alpha value is -2.29. The lowest BCUT2D eigenvalue weighted by Gasteiger charge is -1.93. The minimum Gasteiger partial charge on any atom is -0.409 e. The summed E-state index contributed by atoms with van der Waals surface area (Å²) in [5.74, 6) is 0.384. The average molecular weight is 236 g/mol. The topological polar surface area (TPSA) is 105 Å². The Balaban J connectivity index is 2.36. The highest BCUT2D eigenvalue weighted by atomic mass is 32.1. The molecule has 0 bridgehead atoms. The lowest BCUT2D eigenvalue weighted by atomic mass is 10.3. The smallest absolute Gasteiger partial charge is 0.286 e. The van der Waals surface area contributed by atoms with Crippen molar-refractivity contribution in [3.63, 3.8) is 0 Å². The third kappa shape index (κ3) is 1.18. The summed E-state index contributed by atoms with van der Waals surface area (Å²) in [6, 6.07) is 0. The molecule has 0 aliphatic heterocycles. The van der Waals surface area contributed by atoms with Gasteiger partial charge < -0.3 is 4.42 Å². The Labute approximate surface area is 92.0 Å². The Morgan fingerprint density at radius 2 is 2.31 bits per heavy atom. The SMILES string of the molecule is O=c1c(-c2n[nH]c(=S)o2)cnc2nc[nH]n12. The number of rotatable bonds is 1. The molecule has 0 radical (unpaired) electrons.